The van der Waals surface area contributed by atoms with Gasteiger partial charge >= 0.3 is 0 Å². The van der Waals surface area contributed by atoms with E-state index < -0.39 is 0 Å². The molecule has 6 heteroatoms. The maximum atomic E-state index is 6.04. The monoisotopic (exact) mass is 304 g/mol. The molecule has 0 spiro atoms. The van der Waals surface area contributed by atoms with Gasteiger partial charge in [-0.05, 0) is 54.5 Å². The molecule has 0 aliphatic heterocycles. The van der Waals surface area contributed by atoms with Crippen molar-refractivity contribution in [3.63, 3.8) is 0 Å². The standard InChI is InChI=1S/C14H13ClN4S/c1-10-12(15)3-2-4-13(10)18-14(20)19-17-9-11-5-7-16-8-6-11/h2-9H,1H3,(H2,18,19,20)/b17-9-. The highest BCUT2D eigenvalue weighted by Crippen LogP contribution is 2.22. The van der Waals surface area contributed by atoms with Gasteiger partial charge in [0.05, 0.1) is 6.21 Å². The quantitative estimate of drug-likeness (QED) is 0.518. The van der Waals surface area contributed by atoms with Gasteiger partial charge in [0, 0.05) is 23.1 Å². The first-order valence-corrected chi connectivity index (χ1v) is 6.70. The van der Waals surface area contributed by atoms with Crippen molar-refractivity contribution in [1.82, 2.24) is 10.4 Å². The van der Waals surface area contributed by atoms with Crippen LogP contribution in [0.25, 0.3) is 0 Å². The molecule has 0 fully saturated rings. The zero-order chi connectivity index (χ0) is 14.4. The van der Waals surface area contributed by atoms with E-state index in [2.05, 4.69) is 20.8 Å². The number of pyridine rings is 1. The maximum Gasteiger partial charge on any atom is 0.191 e. The highest BCUT2D eigenvalue weighted by atomic mass is 35.5. The van der Waals surface area contributed by atoms with E-state index >= 15 is 0 Å². The van der Waals surface area contributed by atoms with Crippen molar-refractivity contribution >= 4 is 40.8 Å². The maximum absolute atomic E-state index is 6.04. The van der Waals surface area contributed by atoms with Crippen LogP contribution in [0, 0.1) is 6.92 Å². The second kappa shape index (κ2) is 6.98. The molecule has 20 heavy (non-hydrogen) atoms. The van der Waals surface area contributed by atoms with Gasteiger partial charge in [0.25, 0.3) is 0 Å². The Morgan fingerprint density at radius 2 is 2.05 bits per heavy atom. The van der Waals surface area contributed by atoms with Crippen LogP contribution in [-0.2, 0) is 0 Å². The highest BCUT2D eigenvalue weighted by molar-refractivity contribution is 7.80. The first-order chi connectivity index (χ1) is 9.66. The molecular formula is C14H13ClN4S. The molecule has 0 saturated heterocycles. The van der Waals surface area contributed by atoms with Crippen molar-refractivity contribution in [2.75, 3.05) is 5.32 Å². The van der Waals surface area contributed by atoms with Gasteiger partial charge in [-0.1, -0.05) is 17.7 Å². The largest absolute Gasteiger partial charge is 0.331 e. The fourth-order valence-electron chi connectivity index (χ4n) is 1.51. The van der Waals surface area contributed by atoms with Crippen molar-refractivity contribution < 1.29 is 0 Å². The van der Waals surface area contributed by atoms with Crippen LogP contribution in [0.5, 0.6) is 0 Å². The van der Waals surface area contributed by atoms with Crippen molar-refractivity contribution in [3.8, 4) is 0 Å². The number of hydrazone groups is 1. The van der Waals surface area contributed by atoms with Crippen molar-refractivity contribution in [2.45, 2.75) is 6.92 Å². The molecule has 0 saturated carbocycles. The van der Waals surface area contributed by atoms with E-state index in [1.807, 2.05) is 37.3 Å². The number of aromatic nitrogens is 1. The minimum absolute atomic E-state index is 0.403. The molecule has 1 aromatic carbocycles. The molecule has 0 bridgehead atoms. The van der Waals surface area contributed by atoms with E-state index in [0.29, 0.717) is 10.1 Å². The SMILES string of the molecule is Cc1c(Cl)cccc1NC(=S)N/N=C\c1ccncc1. The van der Waals surface area contributed by atoms with Crippen LogP contribution in [0.3, 0.4) is 0 Å². The van der Waals surface area contributed by atoms with Crippen LogP contribution >= 0.6 is 23.8 Å². The first-order valence-electron chi connectivity index (χ1n) is 5.92. The lowest BCUT2D eigenvalue weighted by Crippen LogP contribution is -2.24. The Hall–Kier alpha value is -1.98. The third-order valence-corrected chi connectivity index (χ3v) is 3.20. The second-order valence-corrected chi connectivity index (χ2v) is 4.83. The fraction of sp³-hybridized carbons (Fsp3) is 0.0714. The smallest absolute Gasteiger partial charge is 0.191 e. The van der Waals surface area contributed by atoms with E-state index in [9.17, 15) is 0 Å². The average molecular weight is 305 g/mol. The summed E-state index contributed by atoms with van der Waals surface area (Å²) in [4.78, 5) is 3.93. The minimum atomic E-state index is 0.403. The third-order valence-electron chi connectivity index (χ3n) is 2.60. The van der Waals surface area contributed by atoms with Gasteiger partial charge in [0.1, 0.15) is 0 Å². The summed E-state index contributed by atoms with van der Waals surface area (Å²) in [5.74, 6) is 0. The Labute approximate surface area is 127 Å². The molecule has 4 nitrogen and oxygen atoms in total. The normalized spacial score (nSPS) is 10.5. The Balaban J connectivity index is 1.93. The number of thiocarbonyl (C=S) groups is 1. The number of hydrogen-bond donors (Lipinski definition) is 2. The summed E-state index contributed by atoms with van der Waals surface area (Å²) < 4.78 is 0. The summed E-state index contributed by atoms with van der Waals surface area (Å²) in [7, 11) is 0. The van der Waals surface area contributed by atoms with Crippen LogP contribution in [-0.4, -0.2) is 16.3 Å². The molecule has 0 radical (unpaired) electrons. The summed E-state index contributed by atoms with van der Waals surface area (Å²) in [6.07, 6.45) is 5.07. The first kappa shape index (κ1) is 14.4. The molecule has 2 aromatic rings. The number of benzene rings is 1. The van der Waals surface area contributed by atoms with Gasteiger partial charge in [0.2, 0.25) is 0 Å². The lowest BCUT2D eigenvalue weighted by molar-refractivity contribution is 1.05. The Bertz CT molecular complexity index is 628. The number of nitrogens with zero attached hydrogens (tertiary/aromatic N) is 2. The Morgan fingerprint density at radius 3 is 2.80 bits per heavy atom. The molecule has 0 atom stereocenters. The predicted molar refractivity (Wildman–Crippen MR) is 87.4 cm³/mol. The van der Waals surface area contributed by atoms with Crippen molar-refractivity contribution in [2.24, 2.45) is 5.10 Å². The molecule has 1 aromatic heterocycles. The molecule has 2 rings (SSSR count). The van der Waals surface area contributed by atoms with E-state index in [-0.39, 0.29) is 0 Å². The van der Waals surface area contributed by atoms with Crippen LogP contribution < -0.4 is 10.7 Å². The van der Waals surface area contributed by atoms with Gasteiger partial charge in [-0.15, -0.1) is 0 Å². The number of rotatable bonds is 3. The van der Waals surface area contributed by atoms with Gasteiger partial charge in [-0.2, -0.15) is 5.10 Å². The van der Waals surface area contributed by atoms with Gasteiger partial charge in [-0.3, -0.25) is 10.4 Å². The van der Waals surface area contributed by atoms with E-state index in [0.717, 1.165) is 16.8 Å². The Morgan fingerprint density at radius 1 is 1.30 bits per heavy atom. The number of hydrogen-bond acceptors (Lipinski definition) is 3. The van der Waals surface area contributed by atoms with Crippen LogP contribution in [0.1, 0.15) is 11.1 Å². The molecule has 0 aliphatic carbocycles. The average Bonchev–Trinajstić information content (AvgIpc) is 2.45. The van der Waals surface area contributed by atoms with E-state index in [1.165, 1.54) is 0 Å². The minimum Gasteiger partial charge on any atom is -0.331 e. The third kappa shape index (κ3) is 4.01. The van der Waals surface area contributed by atoms with Gasteiger partial charge in [0.15, 0.2) is 5.11 Å². The topological polar surface area (TPSA) is 49.3 Å². The summed E-state index contributed by atoms with van der Waals surface area (Å²) in [6, 6.07) is 9.30. The second-order valence-electron chi connectivity index (χ2n) is 4.02. The lowest BCUT2D eigenvalue weighted by atomic mass is 10.2. The molecule has 0 amide bonds. The van der Waals surface area contributed by atoms with Crippen LogP contribution in [0.15, 0.2) is 47.8 Å². The molecular weight excluding hydrogens is 292 g/mol. The van der Waals surface area contributed by atoms with Crippen molar-refractivity contribution in [3.05, 3.63) is 58.9 Å². The number of anilines is 1. The van der Waals surface area contributed by atoms with Crippen LogP contribution in [0.2, 0.25) is 5.02 Å². The Kier molecular flexibility index (Phi) is 5.03. The number of halogens is 1. The summed E-state index contributed by atoms with van der Waals surface area (Å²) >= 11 is 11.2. The summed E-state index contributed by atoms with van der Waals surface area (Å²) in [5, 5.41) is 8.19. The van der Waals surface area contributed by atoms with E-state index in [4.69, 9.17) is 23.8 Å². The van der Waals surface area contributed by atoms with E-state index in [1.54, 1.807) is 18.6 Å². The lowest BCUT2D eigenvalue weighted by Gasteiger charge is -2.10. The summed E-state index contributed by atoms with van der Waals surface area (Å²) in [5.41, 5.74) is 5.49. The molecule has 2 N–H and O–H groups in total. The summed E-state index contributed by atoms with van der Waals surface area (Å²) in [6.45, 7) is 1.92. The zero-order valence-electron chi connectivity index (χ0n) is 10.8. The van der Waals surface area contributed by atoms with Crippen LogP contribution in [0.4, 0.5) is 5.69 Å². The van der Waals surface area contributed by atoms with Crippen molar-refractivity contribution in [1.29, 1.82) is 0 Å². The predicted octanol–water partition coefficient (Wildman–Crippen LogP) is 3.36. The van der Waals surface area contributed by atoms with Gasteiger partial charge in [-0.25, -0.2) is 0 Å². The van der Waals surface area contributed by atoms with Gasteiger partial charge < -0.3 is 5.32 Å². The molecule has 102 valence electrons. The number of nitrogens with one attached hydrogen (secondary N) is 2. The zero-order valence-corrected chi connectivity index (χ0v) is 12.4. The molecule has 1 heterocycles. The fourth-order valence-corrected chi connectivity index (χ4v) is 1.85. The highest BCUT2D eigenvalue weighted by Gasteiger charge is 2.02. The molecule has 0 unspecified atom stereocenters. The molecule has 0 aliphatic rings.